The number of rotatable bonds is 5. The van der Waals surface area contributed by atoms with Crippen molar-refractivity contribution in [3.63, 3.8) is 0 Å². The van der Waals surface area contributed by atoms with Crippen LogP contribution in [0.25, 0.3) is 6.08 Å². The van der Waals surface area contributed by atoms with Crippen molar-refractivity contribution in [1.82, 2.24) is 4.90 Å². The maximum absolute atomic E-state index is 13.5. The molecule has 5 heteroatoms. The lowest BCUT2D eigenvalue weighted by Crippen LogP contribution is -2.33. The summed E-state index contributed by atoms with van der Waals surface area (Å²) in [6.07, 6.45) is 3.64. The van der Waals surface area contributed by atoms with Crippen LogP contribution in [0.4, 0.5) is 4.39 Å². The number of carbonyl (C=O) groups is 1. The van der Waals surface area contributed by atoms with Gasteiger partial charge in [-0.3, -0.25) is 9.69 Å². The van der Waals surface area contributed by atoms with E-state index in [9.17, 15) is 9.18 Å². The van der Waals surface area contributed by atoms with Crippen molar-refractivity contribution in [3.05, 3.63) is 100 Å². The van der Waals surface area contributed by atoms with E-state index in [1.807, 2.05) is 19.1 Å². The van der Waals surface area contributed by atoms with Crippen LogP contribution >= 0.6 is 0 Å². The minimum Gasteiger partial charge on any atom is -0.477 e. The summed E-state index contributed by atoms with van der Waals surface area (Å²) >= 11 is 0. The van der Waals surface area contributed by atoms with Gasteiger partial charge in [0.05, 0.1) is 5.56 Å². The third-order valence-electron chi connectivity index (χ3n) is 5.93. The minimum atomic E-state index is -0.352. The molecule has 4 nitrogen and oxygen atoms in total. The van der Waals surface area contributed by atoms with E-state index in [0.717, 1.165) is 42.8 Å². The van der Waals surface area contributed by atoms with Gasteiger partial charge in [-0.05, 0) is 55.2 Å². The average molecular weight is 429 g/mol. The highest BCUT2D eigenvalue weighted by molar-refractivity contribution is 6.15. The highest BCUT2D eigenvalue weighted by atomic mass is 19.1. The van der Waals surface area contributed by atoms with Crippen LogP contribution in [0.5, 0.6) is 11.5 Å². The Kier molecular flexibility index (Phi) is 5.50. The quantitative estimate of drug-likeness (QED) is 0.500. The van der Waals surface area contributed by atoms with Crippen LogP contribution in [-0.4, -0.2) is 24.0 Å². The minimum absolute atomic E-state index is 0.184. The highest BCUT2D eigenvalue weighted by Gasteiger charge is 2.33. The molecule has 0 fully saturated rings. The summed E-state index contributed by atoms with van der Waals surface area (Å²) in [5, 5.41) is 0. The highest BCUT2D eigenvalue weighted by Crippen LogP contribution is 2.43. The number of allylic oxidation sites excluding steroid dienone is 1. The molecule has 0 spiro atoms. The third-order valence-corrected chi connectivity index (χ3v) is 5.93. The molecule has 0 aromatic heterocycles. The van der Waals surface area contributed by atoms with Crippen LogP contribution in [0.1, 0.15) is 39.0 Å². The molecule has 0 aliphatic carbocycles. The predicted octanol–water partition coefficient (Wildman–Crippen LogP) is 5.54. The van der Waals surface area contributed by atoms with Gasteiger partial charge in [0, 0.05) is 24.2 Å². The Morgan fingerprint density at radius 3 is 2.72 bits per heavy atom. The molecule has 0 radical (unpaired) electrons. The second-order valence-corrected chi connectivity index (χ2v) is 8.28. The van der Waals surface area contributed by atoms with Gasteiger partial charge in [0.1, 0.15) is 24.0 Å². The molecule has 3 aromatic rings. The number of ketones is 1. The lowest BCUT2D eigenvalue weighted by molar-refractivity contribution is 0.0932. The summed E-state index contributed by atoms with van der Waals surface area (Å²) in [5.41, 5.74) is 4.29. The van der Waals surface area contributed by atoms with E-state index in [2.05, 4.69) is 29.2 Å². The first-order valence-corrected chi connectivity index (χ1v) is 10.8. The summed E-state index contributed by atoms with van der Waals surface area (Å²) in [5.74, 6) is 0.999. The summed E-state index contributed by atoms with van der Waals surface area (Å²) in [6, 6.07) is 18.4. The van der Waals surface area contributed by atoms with Crippen LogP contribution in [0.2, 0.25) is 0 Å². The van der Waals surface area contributed by atoms with E-state index in [1.54, 1.807) is 18.2 Å². The number of hydrogen-bond donors (Lipinski definition) is 0. The average Bonchev–Trinajstić information content (AvgIpc) is 3.10. The van der Waals surface area contributed by atoms with E-state index < -0.39 is 0 Å². The van der Waals surface area contributed by atoms with Crippen LogP contribution < -0.4 is 9.47 Å². The molecule has 2 aliphatic rings. The first-order valence-electron chi connectivity index (χ1n) is 10.8. The monoisotopic (exact) mass is 429 g/mol. The molecule has 0 bridgehead atoms. The Labute approximate surface area is 186 Å². The topological polar surface area (TPSA) is 38.8 Å². The van der Waals surface area contributed by atoms with Crippen molar-refractivity contribution in [2.45, 2.75) is 26.3 Å². The third kappa shape index (κ3) is 4.04. The van der Waals surface area contributed by atoms with Gasteiger partial charge in [0.15, 0.2) is 5.76 Å². The number of hydrogen-bond acceptors (Lipinski definition) is 4. The van der Waals surface area contributed by atoms with E-state index >= 15 is 0 Å². The molecule has 0 atom stereocenters. The second kappa shape index (κ2) is 8.60. The normalized spacial score (nSPS) is 16.4. The van der Waals surface area contributed by atoms with Gasteiger partial charge in [-0.2, -0.15) is 0 Å². The van der Waals surface area contributed by atoms with Crippen molar-refractivity contribution in [2.24, 2.45) is 0 Å². The molecule has 2 aliphatic heterocycles. The number of nitrogens with zero attached hydrogens (tertiary/aromatic N) is 1. The molecule has 162 valence electrons. The van der Waals surface area contributed by atoms with Crippen LogP contribution in [0, 0.1) is 12.7 Å². The van der Waals surface area contributed by atoms with Gasteiger partial charge < -0.3 is 9.47 Å². The maximum Gasteiger partial charge on any atom is 0.231 e. The molecule has 3 aromatic carbocycles. The molecule has 0 N–H and O–H groups in total. The molecule has 0 unspecified atom stereocenters. The van der Waals surface area contributed by atoms with E-state index in [4.69, 9.17) is 9.47 Å². The SMILES string of the molecule is Cc1c2c(cc3c1O/C(=C\c1cccc(F)c1)C3=O)CN(CCCc1ccccc1)CO2. The van der Waals surface area contributed by atoms with E-state index in [1.165, 1.54) is 17.7 Å². The van der Waals surface area contributed by atoms with Gasteiger partial charge in [0.2, 0.25) is 5.78 Å². The van der Waals surface area contributed by atoms with Gasteiger partial charge in [-0.15, -0.1) is 0 Å². The number of benzene rings is 3. The lowest BCUT2D eigenvalue weighted by atomic mass is 10.00. The number of aryl methyl sites for hydroxylation is 1. The molecule has 32 heavy (non-hydrogen) atoms. The van der Waals surface area contributed by atoms with Crippen LogP contribution in [0.15, 0.2) is 66.4 Å². The zero-order valence-electron chi connectivity index (χ0n) is 17.9. The zero-order chi connectivity index (χ0) is 22.1. The van der Waals surface area contributed by atoms with E-state index in [0.29, 0.717) is 23.6 Å². The van der Waals surface area contributed by atoms with E-state index in [-0.39, 0.29) is 17.4 Å². The first-order chi connectivity index (χ1) is 15.6. The maximum atomic E-state index is 13.5. The molecular formula is C27H24FNO3. The predicted molar refractivity (Wildman–Crippen MR) is 121 cm³/mol. The van der Waals surface area contributed by atoms with Gasteiger partial charge in [-0.1, -0.05) is 42.5 Å². The molecule has 2 heterocycles. The number of halogens is 1. The first kappa shape index (κ1) is 20.5. The molecule has 0 saturated heterocycles. The molecule has 0 saturated carbocycles. The summed E-state index contributed by atoms with van der Waals surface area (Å²) in [4.78, 5) is 15.2. The summed E-state index contributed by atoms with van der Waals surface area (Å²) in [6.45, 7) is 4.08. The van der Waals surface area contributed by atoms with Crippen molar-refractivity contribution < 1.29 is 18.7 Å². The van der Waals surface area contributed by atoms with Gasteiger partial charge in [0.25, 0.3) is 0 Å². The van der Waals surface area contributed by atoms with Gasteiger partial charge in [-0.25, -0.2) is 4.39 Å². The zero-order valence-corrected chi connectivity index (χ0v) is 17.9. The fraction of sp³-hybridized carbons (Fsp3) is 0.222. The van der Waals surface area contributed by atoms with Gasteiger partial charge >= 0.3 is 0 Å². The number of fused-ring (bicyclic) bond motifs is 2. The Balaban J connectivity index is 1.32. The van der Waals surface area contributed by atoms with Crippen molar-refractivity contribution in [2.75, 3.05) is 13.3 Å². The lowest BCUT2D eigenvalue weighted by Gasteiger charge is -2.30. The number of carbonyl (C=O) groups excluding carboxylic acids is 1. The largest absolute Gasteiger partial charge is 0.477 e. The van der Waals surface area contributed by atoms with Crippen molar-refractivity contribution >= 4 is 11.9 Å². The summed E-state index contributed by atoms with van der Waals surface area (Å²) < 4.78 is 25.5. The Hall–Kier alpha value is -3.44. The Morgan fingerprint density at radius 1 is 1.06 bits per heavy atom. The van der Waals surface area contributed by atoms with Crippen LogP contribution in [0.3, 0.4) is 0 Å². The summed E-state index contributed by atoms with van der Waals surface area (Å²) in [7, 11) is 0. The van der Waals surface area contributed by atoms with Crippen molar-refractivity contribution in [1.29, 1.82) is 0 Å². The number of Topliss-reactive ketones (excluding diaryl/α,β-unsaturated/α-hetero) is 1. The van der Waals surface area contributed by atoms with Crippen molar-refractivity contribution in [3.8, 4) is 11.5 Å². The molecular weight excluding hydrogens is 405 g/mol. The molecule has 0 amide bonds. The Morgan fingerprint density at radius 2 is 1.91 bits per heavy atom. The molecule has 5 rings (SSSR count). The number of ether oxygens (including phenoxy) is 2. The fourth-order valence-electron chi connectivity index (χ4n) is 4.34. The fourth-order valence-corrected chi connectivity index (χ4v) is 4.34. The Bertz CT molecular complexity index is 1200. The standard InChI is InChI=1S/C27H24FNO3/c1-18-26-21(16-29(17-31-26)12-6-10-19-7-3-2-4-8-19)15-23-25(30)24(32-27(18)23)14-20-9-5-11-22(28)13-20/h2-5,7-9,11,13-15H,6,10,12,16-17H2,1H3/b24-14-. The second-order valence-electron chi connectivity index (χ2n) is 8.28. The smallest absolute Gasteiger partial charge is 0.231 e. The van der Waals surface area contributed by atoms with Crippen LogP contribution in [-0.2, 0) is 13.0 Å².